The number of carbonyl (C=O) groups excluding carboxylic acids is 3. The number of carbonyl (C=O) groups is 3. The molecule has 2 amide bonds. The number of hydrogen-bond donors (Lipinski definition) is 2. The van der Waals surface area contributed by atoms with Gasteiger partial charge in [0.1, 0.15) is 17.1 Å². The second-order valence-corrected chi connectivity index (χ2v) is 11.0. The van der Waals surface area contributed by atoms with Gasteiger partial charge in [-0.2, -0.15) is 5.10 Å². The number of halogens is 1. The lowest BCUT2D eigenvalue weighted by Crippen LogP contribution is -2.28. The molecule has 0 aliphatic carbocycles. The number of nitrogens with zero attached hydrogens (tertiary/aromatic N) is 4. The number of fused-ring (bicyclic) bond motifs is 1. The zero-order valence-corrected chi connectivity index (χ0v) is 24.0. The average molecular weight is 563 g/mol. The number of ether oxygens (including phenoxy) is 1. The van der Waals surface area contributed by atoms with E-state index < -0.39 is 17.6 Å². The molecule has 0 atom stereocenters. The van der Waals surface area contributed by atoms with Crippen molar-refractivity contribution in [2.24, 2.45) is 0 Å². The van der Waals surface area contributed by atoms with E-state index in [0.717, 1.165) is 27.6 Å². The Bertz CT molecular complexity index is 1600. The fourth-order valence-corrected chi connectivity index (χ4v) is 4.40. The van der Waals surface area contributed by atoms with Gasteiger partial charge in [0.05, 0.1) is 22.6 Å². The van der Waals surface area contributed by atoms with Crippen molar-refractivity contribution in [1.29, 1.82) is 0 Å². The minimum absolute atomic E-state index is 0.0893. The van der Waals surface area contributed by atoms with Gasteiger partial charge < -0.3 is 10.1 Å². The Kier molecular flexibility index (Phi) is 8.20. The molecule has 40 heavy (non-hydrogen) atoms. The van der Waals surface area contributed by atoms with Crippen molar-refractivity contribution >= 4 is 46.1 Å². The molecule has 3 heterocycles. The van der Waals surface area contributed by atoms with Crippen molar-refractivity contribution < 1.29 is 19.1 Å². The molecule has 208 valence electrons. The van der Waals surface area contributed by atoms with E-state index in [9.17, 15) is 14.4 Å². The highest BCUT2D eigenvalue weighted by Crippen LogP contribution is 2.21. The molecular weight excluding hydrogens is 532 g/mol. The average Bonchev–Trinajstić information content (AvgIpc) is 3.26. The van der Waals surface area contributed by atoms with Gasteiger partial charge in [-0.05, 0) is 75.6 Å². The third kappa shape index (κ3) is 7.01. The van der Waals surface area contributed by atoms with Gasteiger partial charge in [0.25, 0.3) is 5.91 Å². The molecule has 0 aliphatic heterocycles. The number of amides is 2. The first-order chi connectivity index (χ1) is 18.8. The van der Waals surface area contributed by atoms with E-state index in [2.05, 4.69) is 25.7 Å². The van der Waals surface area contributed by atoms with Crippen molar-refractivity contribution in [2.45, 2.75) is 60.2 Å². The normalized spacial score (nSPS) is 11.4. The summed E-state index contributed by atoms with van der Waals surface area (Å²) >= 11 is 6.08. The van der Waals surface area contributed by atoms with E-state index in [1.54, 1.807) is 50.8 Å². The quantitative estimate of drug-likeness (QED) is 0.279. The maximum absolute atomic E-state index is 13.2. The molecule has 0 spiro atoms. The highest BCUT2D eigenvalue weighted by Gasteiger charge is 2.21. The number of Topliss-reactive ketones (excluding diaryl/α,β-unsaturated/α-hetero) is 1. The fourth-order valence-electron chi connectivity index (χ4n) is 4.23. The first-order valence-electron chi connectivity index (χ1n) is 12.7. The van der Waals surface area contributed by atoms with E-state index in [1.165, 1.54) is 6.92 Å². The molecular formula is C29H31ClN6O4. The van der Waals surface area contributed by atoms with Gasteiger partial charge in [-0.1, -0.05) is 17.7 Å². The van der Waals surface area contributed by atoms with Crippen LogP contribution in [0.5, 0.6) is 0 Å². The zero-order chi connectivity index (χ0) is 29.2. The number of benzene rings is 1. The van der Waals surface area contributed by atoms with Gasteiger partial charge in [0.2, 0.25) is 0 Å². The number of aromatic nitrogens is 4. The van der Waals surface area contributed by atoms with E-state index in [4.69, 9.17) is 16.3 Å². The summed E-state index contributed by atoms with van der Waals surface area (Å²) in [5.41, 5.74) is 3.63. The first-order valence-corrected chi connectivity index (χ1v) is 13.0. The van der Waals surface area contributed by atoms with Crippen molar-refractivity contribution in [3.63, 3.8) is 0 Å². The molecule has 0 saturated heterocycles. The summed E-state index contributed by atoms with van der Waals surface area (Å²) in [6.07, 6.45) is 2.56. The van der Waals surface area contributed by atoms with Crippen molar-refractivity contribution in [3.8, 4) is 0 Å². The van der Waals surface area contributed by atoms with Gasteiger partial charge >= 0.3 is 6.09 Å². The van der Waals surface area contributed by atoms with E-state index in [0.29, 0.717) is 23.1 Å². The minimum Gasteiger partial charge on any atom is -0.444 e. The van der Waals surface area contributed by atoms with E-state index >= 15 is 0 Å². The Morgan fingerprint density at radius 2 is 1.85 bits per heavy atom. The Morgan fingerprint density at radius 1 is 1.10 bits per heavy atom. The van der Waals surface area contributed by atoms with Crippen LogP contribution in [0.2, 0.25) is 5.02 Å². The van der Waals surface area contributed by atoms with Gasteiger partial charge in [-0.15, -0.1) is 0 Å². The largest absolute Gasteiger partial charge is 0.444 e. The Hall–Kier alpha value is -4.31. The summed E-state index contributed by atoms with van der Waals surface area (Å²) in [5.74, 6) is -0.392. The number of anilines is 1. The van der Waals surface area contributed by atoms with Crippen LogP contribution in [0, 0.1) is 13.8 Å². The van der Waals surface area contributed by atoms with E-state index in [-0.39, 0.29) is 23.6 Å². The summed E-state index contributed by atoms with van der Waals surface area (Å²) in [6, 6.07) is 9.29. The maximum Gasteiger partial charge on any atom is 0.413 e. The van der Waals surface area contributed by atoms with Crippen molar-refractivity contribution in [2.75, 3.05) is 5.32 Å². The molecule has 0 saturated carbocycles. The van der Waals surface area contributed by atoms with Crippen LogP contribution >= 0.6 is 11.6 Å². The summed E-state index contributed by atoms with van der Waals surface area (Å²) in [4.78, 5) is 46.3. The standard InChI is InChI=1S/C29H31ClN6O4/c1-16-9-25(34-28(39)40-29(4,5)6)33-17(2)22(16)13-32-27(38)23-15-36(35-26(23)18(3)37)14-19-7-8-24-20(10-19)11-21(30)12-31-24/h7-12,15H,13-14H2,1-6H3,(H,32,38)(H,33,34,39). The summed E-state index contributed by atoms with van der Waals surface area (Å²) in [5, 5.41) is 11.3. The summed E-state index contributed by atoms with van der Waals surface area (Å²) in [7, 11) is 0. The predicted molar refractivity (Wildman–Crippen MR) is 153 cm³/mol. The lowest BCUT2D eigenvalue weighted by Gasteiger charge is -2.20. The number of rotatable bonds is 7. The molecule has 0 bridgehead atoms. The molecule has 4 aromatic rings. The number of ketones is 1. The first kappa shape index (κ1) is 28.7. The lowest BCUT2D eigenvalue weighted by molar-refractivity contribution is 0.0635. The van der Waals surface area contributed by atoms with Crippen molar-refractivity contribution in [3.05, 3.63) is 81.4 Å². The molecule has 3 aromatic heterocycles. The smallest absolute Gasteiger partial charge is 0.413 e. The fraction of sp³-hybridized carbons (Fsp3) is 0.310. The third-order valence-corrected chi connectivity index (χ3v) is 6.21. The monoisotopic (exact) mass is 562 g/mol. The van der Waals surface area contributed by atoms with Crippen LogP contribution in [0.15, 0.2) is 42.7 Å². The zero-order valence-electron chi connectivity index (χ0n) is 23.3. The number of aryl methyl sites for hydroxylation is 2. The summed E-state index contributed by atoms with van der Waals surface area (Å²) in [6.45, 7) is 10.9. The van der Waals surface area contributed by atoms with Gasteiger partial charge in [-0.25, -0.2) is 9.78 Å². The molecule has 0 radical (unpaired) electrons. The Labute approximate surface area is 237 Å². The molecule has 4 rings (SSSR count). The molecule has 2 N–H and O–H groups in total. The van der Waals surface area contributed by atoms with Gasteiger partial charge in [0.15, 0.2) is 5.78 Å². The topological polar surface area (TPSA) is 128 Å². The maximum atomic E-state index is 13.2. The second-order valence-electron chi connectivity index (χ2n) is 10.5. The van der Waals surface area contributed by atoms with Crippen LogP contribution in [0.1, 0.15) is 70.9 Å². The van der Waals surface area contributed by atoms with Crippen LogP contribution in [0.25, 0.3) is 10.9 Å². The van der Waals surface area contributed by atoms with Crippen LogP contribution in [0.4, 0.5) is 10.6 Å². The second kappa shape index (κ2) is 11.4. The Balaban J connectivity index is 1.48. The van der Waals surface area contributed by atoms with Crippen LogP contribution < -0.4 is 10.6 Å². The molecule has 1 aromatic carbocycles. The molecule has 0 fully saturated rings. The Morgan fingerprint density at radius 3 is 2.52 bits per heavy atom. The highest BCUT2D eigenvalue weighted by molar-refractivity contribution is 6.31. The SMILES string of the molecule is CC(=O)c1nn(Cc2ccc3ncc(Cl)cc3c2)cc1C(=O)NCc1c(C)cc(NC(=O)OC(C)(C)C)nc1C. The predicted octanol–water partition coefficient (Wildman–Crippen LogP) is 5.62. The van der Waals surface area contributed by atoms with E-state index in [1.807, 2.05) is 31.2 Å². The van der Waals surface area contributed by atoms with Gasteiger partial charge in [0, 0.05) is 36.9 Å². The summed E-state index contributed by atoms with van der Waals surface area (Å²) < 4.78 is 6.85. The minimum atomic E-state index is -0.633. The van der Waals surface area contributed by atoms with Crippen LogP contribution in [0.3, 0.4) is 0 Å². The lowest BCUT2D eigenvalue weighted by atomic mass is 10.1. The van der Waals surface area contributed by atoms with Crippen LogP contribution in [-0.2, 0) is 17.8 Å². The molecule has 11 heteroatoms. The number of nitrogens with one attached hydrogen (secondary N) is 2. The molecule has 0 unspecified atom stereocenters. The highest BCUT2D eigenvalue weighted by atomic mass is 35.5. The molecule has 10 nitrogen and oxygen atoms in total. The van der Waals surface area contributed by atoms with Crippen molar-refractivity contribution in [1.82, 2.24) is 25.1 Å². The van der Waals surface area contributed by atoms with Crippen LogP contribution in [-0.4, -0.2) is 43.1 Å². The number of hydrogen-bond acceptors (Lipinski definition) is 7. The third-order valence-electron chi connectivity index (χ3n) is 6.01. The molecule has 0 aliphatic rings. The number of pyridine rings is 2. The van der Waals surface area contributed by atoms with Gasteiger partial charge in [-0.3, -0.25) is 24.6 Å².